The van der Waals surface area contributed by atoms with Crippen molar-refractivity contribution in [3.05, 3.63) is 21.1 Å². The number of methoxy groups -OCH3 is 1. The molecule has 0 spiro atoms. The summed E-state index contributed by atoms with van der Waals surface area (Å²) in [7, 11) is 1.58. The summed E-state index contributed by atoms with van der Waals surface area (Å²) in [6.45, 7) is 3.79. The second-order valence-electron chi connectivity index (χ2n) is 3.62. The van der Waals surface area contributed by atoms with Gasteiger partial charge in [-0.1, -0.05) is 13.8 Å². The van der Waals surface area contributed by atoms with E-state index in [9.17, 15) is 4.79 Å². The molecular formula is C12H14Br2O3. The van der Waals surface area contributed by atoms with Crippen LogP contribution in [0.15, 0.2) is 21.1 Å². The van der Waals surface area contributed by atoms with Crippen molar-refractivity contribution in [3.8, 4) is 11.5 Å². The van der Waals surface area contributed by atoms with Crippen molar-refractivity contribution in [3.63, 3.8) is 0 Å². The predicted octanol–water partition coefficient (Wildman–Crippen LogP) is 4.17. The molecule has 17 heavy (non-hydrogen) atoms. The molecule has 0 saturated carbocycles. The highest BCUT2D eigenvalue weighted by Crippen LogP contribution is 2.39. The van der Waals surface area contributed by atoms with Gasteiger partial charge in [-0.25, -0.2) is 0 Å². The Hall–Kier alpha value is -0.550. The molecule has 94 valence electrons. The fourth-order valence-electron chi connectivity index (χ4n) is 1.13. The maximum Gasteiger partial charge on any atom is 0.314 e. The van der Waals surface area contributed by atoms with Crippen molar-refractivity contribution in [2.24, 2.45) is 5.92 Å². The van der Waals surface area contributed by atoms with E-state index in [0.29, 0.717) is 16.0 Å². The molecule has 1 rings (SSSR count). The molecule has 0 radical (unpaired) electrons. The summed E-state index contributed by atoms with van der Waals surface area (Å²) < 4.78 is 11.8. The van der Waals surface area contributed by atoms with E-state index in [2.05, 4.69) is 31.9 Å². The summed E-state index contributed by atoms with van der Waals surface area (Å²) in [5, 5.41) is 0. The summed E-state index contributed by atoms with van der Waals surface area (Å²) in [5.41, 5.74) is 0. The van der Waals surface area contributed by atoms with E-state index in [-0.39, 0.29) is 11.9 Å². The fourth-order valence-corrected chi connectivity index (χ4v) is 2.02. The van der Waals surface area contributed by atoms with Crippen LogP contribution in [-0.2, 0) is 4.79 Å². The first-order valence-electron chi connectivity index (χ1n) is 5.24. The lowest BCUT2D eigenvalue weighted by Crippen LogP contribution is -2.17. The lowest BCUT2D eigenvalue weighted by atomic mass is 10.1. The third-order valence-corrected chi connectivity index (χ3v) is 4.56. The Kier molecular flexibility index (Phi) is 5.46. The number of hydrogen-bond donors (Lipinski definition) is 0. The summed E-state index contributed by atoms with van der Waals surface area (Å²) in [6.07, 6.45) is 0.758. The minimum absolute atomic E-state index is 0.109. The van der Waals surface area contributed by atoms with E-state index in [4.69, 9.17) is 9.47 Å². The van der Waals surface area contributed by atoms with Crippen molar-refractivity contribution in [1.29, 1.82) is 0 Å². The summed E-state index contributed by atoms with van der Waals surface area (Å²) in [4.78, 5) is 11.7. The third-order valence-electron chi connectivity index (χ3n) is 2.46. The van der Waals surface area contributed by atoms with Crippen LogP contribution in [0, 0.1) is 5.92 Å². The van der Waals surface area contributed by atoms with Crippen LogP contribution in [0.4, 0.5) is 0 Å². The molecule has 0 N–H and O–H groups in total. The van der Waals surface area contributed by atoms with Gasteiger partial charge in [-0.05, 0) is 50.4 Å². The van der Waals surface area contributed by atoms with Gasteiger partial charge in [0, 0.05) is 0 Å². The van der Waals surface area contributed by atoms with Gasteiger partial charge in [0.25, 0.3) is 0 Å². The number of esters is 1. The van der Waals surface area contributed by atoms with Crippen LogP contribution in [0.25, 0.3) is 0 Å². The van der Waals surface area contributed by atoms with Gasteiger partial charge in [0.1, 0.15) is 11.5 Å². The topological polar surface area (TPSA) is 35.5 Å². The molecule has 3 nitrogen and oxygen atoms in total. The molecule has 0 bridgehead atoms. The van der Waals surface area contributed by atoms with E-state index < -0.39 is 0 Å². The zero-order chi connectivity index (χ0) is 13.0. The summed E-state index contributed by atoms with van der Waals surface area (Å²) in [6, 6.07) is 3.45. The Bertz CT molecular complexity index is 418. The highest BCUT2D eigenvalue weighted by atomic mass is 79.9. The zero-order valence-electron chi connectivity index (χ0n) is 9.92. The van der Waals surface area contributed by atoms with Gasteiger partial charge in [-0.2, -0.15) is 0 Å². The third kappa shape index (κ3) is 3.45. The second-order valence-corrected chi connectivity index (χ2v) is 5.21. The van der Waals surface area contributed by atoms with Gasteiger partial charge in [0.05, 0.1) is 22.0 Å². The Morgan fingerprint density at radius 3 is 2.35 bits per heavy atom. The smallest absolute Gasteiger partial charge is 0.314 e. The first kappa shape index (κ1) is 14.5. The molecule has 0 aliphatic rings. The SMILES string of the molecule is CCC(C)C(=O)Oc1ccc(OC)c(Br)c1Br. The molecule has 0 heterocycles. The highest BCUT2D eigenvalue weighted by Gasteiger charge is 2.17. The van der Waals surface area contributed by atoms with Crippen molar-refractivity contribution in [1.82, 2.24) is 0 Å². The van der Waals surface area contributed by atoms with Crippen LogP contribution < -0.4 is 9.47 Å². The average molecular weight is 366 g/mol. The lowest BCUT2D eigenvalue weighted by molar-refractivity contribution is -0.138. The molecule has 5 heteroatoms. The number of benzene rings is 1. The average Bonchev–Trinajstić information content (AvgIpc) is 2.34. The van der Waals surface area contributed by atoms with Crippen LogP contribution in [0.3, 0.4) is 0 Å². The molecule has 0 amide bonds. The lowest BCUT2D eigenvalue weighted by Gasteiger charge is -2.12. The number of carbonyl (C=O) groups is 1. The van der Waals surface area contributed by atoms with Crippen LogP contribution >= 0.6 is 31.9 Å². The molecule has 0 saturated heterocycles. The Morgan fingerprint density at radius 2 is 1.82 bits per heavy atom. The predicted molar refractivity (Wildman–Crippen MR) is 73.5 cm³/mol. The fraction of sp³-hybridized carbons (Fsp3) is 0.417. The molecule has 1 aromatic carbocycles. The summed E-state index contributed by atoms with van der Waals surface area (Å²) >= 11 is 6.74. The molecular weight excluding hydrogens is 352 g/mol. The van der Waals surface area contributed by atoms with Crippen LogP contribution in [0.2, 0.25) is 0 Å². The maximum atomic E-state index is 11.7. The van der Waals surface area contributed by atoms with Gasteiger partial charge < -0.3 is 9.47 Å². The van der Waals surface area contributed by atoms with Crippen molar-refractivity contribution >= 4 is 37.8 Å². The number of halogens is 2. The van der Waals surface area contributed by atoms with Crippen molar-refractivity contribution in [2.75, 3.05) is 7.11 Å². The van der Waals surface area contributed by atoms with Crippen molar-refractivity contribution < 1.29 is 14.3 Å². The van der Waals surface area contributed by atoms with E-state index in [1.54, 1.807) is 19.2 Å². The molecule has 0 aliphatic heterocycles. The van der Waals surface area contributed by atoms with Gasteiger partial charge in [-0.15, -0.1) is 0 Å². The van der Waals surface area contributed by atoms with Crippen molar-refractivity contribution in [2.45, 2.75) is 20.3 Å². The number of hydrogen-bond acceptors (Lipinski definition) is 3. The highest BCUT2D eigenvalue weighted by molar-refractivity contribution is 9.13. The zero-order valence-corrected chi connectivity index (χ0v) is 13.1. The second kappa shape index (κ2) is 6.40. The normalized spacial score (nSPS) is 12.1. The van der Waals surface area contributed by atoms with E-state index in [1.165, 1.54) is 0 Å². The first-order valence-corrected chi connectivity index (χ1v) is 6.83. The number of carbonyl (C=O) groups excluding carboxylic acids is 1. The molecule has 0 fully saturated rings. The Morgan fingerprint density at radius 1 is 1.29 bits per heavy atom. The van der Waals surface area contributed by atoms with Gasteiger partial charge in [-0.3, -0.25) is 4.79 Å². The van der Waals surface area contributed by atoms with Gasteiger partial charge in [0.15, 0.2) is 0 Å². The van der Waals surface area contributed by atoms with E-state index in [0.717, 1.165) is 10.9 Å². The first-order chi connectivity index (χ1) is 8.01. The minimum Gasteiger partial charge on any atom is -0.496 e. The number of ether oxygens (including phenoxy) is 2. The molecule has 1 aromatic rings. The largest absolute Gasteiger partial charge is 0.496 e. The van der Waals surface area contributed by atoms with Crippen LogP contribution in [0.5, 0.6) is 11.5 Å². The van der Waals surface area contributed by atoms with Gasteiger partial charge in [0.2, 0.25) is 0 Å². The monoisotopic (exact) mass is 364 g/mol. The summed E-state index contributed by atoms with van der Waals surface area (Å²) in [5.74, 6) is 0.830. The molecule has 0 aromatic heterocycles. The molecule has 1 unspecified atom stereocenters. The van der Waals surface area contributed by atoms with E-state index >= 15 is 0 Å². The minimum atomic E-state index is -0.231. The maximum absolute atomic E-state index is 11.7. The number of rotatable bonds is 4. The van der Waals surface area contributed by atoms with Gasteiger partial charge >= 0.3 is 5.97 Å². The van der Waals surface area contributed by atoms with Crippen LogP contribution in [0.1, 0.15) is 20.3 Å². The van der Waals surface area contributed by atoms with E-state index in [1.807, 2.05) is 13.8 Å². The standard InChI is InChI=1S/C12H14Br2O3/c1-4-7(2)12(15)17-9-6-5-8(16-3)10(13)11(9)14/h5-7H,4H2,1-3H3. The quantitative estimate of drug-likeness (QED) is 0.593. The van der Waals surface area contributed by atoms with Crippen LogP contribution in [-0.4, -0.2) is 13.1 Å². The Balaban J connectivity index is 2.93. The molecule has 0 aliphatic carbocycles. The Labute approximate surface area is 118 Å². The molecule has 1 atom stereocenters.